The second-order valence-electron chi connectivity index (χ2n) is 6.01. The Morgan fingerprint density at radius 2 is 2.23 bits per heavy atom. The first kappa shape index (κ1) is 20.2. The van der Waals surface area contributed by atoms with Gasteiger partial charge in [0.15, 0.2) is 5.96 Å². The third kappa shape index (κ3) is 4.75. The van der Waals surface area contributed by atoms with Crippen LogP contribution in [0.3, 0.4) is 0 Å². The first-order chi connectivity index (χ1) is 12.5. The van der Waals surface area contributed by atoms with Gasteiger partial charge in [0.1, 0.15) is 0 Å². The molecule has 3 N–H and O–H groups in total. The lowest BCUT2D eigenvalue weighted by molar-refractivity contribution is -0.121. The van der Waals surface area contributed by atoms with Crippen LogP contribution in [-0.4, -0.2) is 29.4 Å². The number of aliphatic imine (C=N–C) groups is 1. The highest BCUT2D eigenvalue weighted by Crippen LogP contribution is 2.36. The number of fused-ring (bicyclic) bond motifs is 1. The summed E-state index contributed by atoms with van der Waals surface area (Å²) in [5, 5.41) is 3.00. The zero-order chi connectivity index (χ0) is 19.3. The van der Waals surface area contributed by atoms with Gasteiger partial charge in [-0.05, 0) is 41.3 Å². The number of rotatable bonds is 5. The lowest BCUT2D eigenvalue weighted by Gasteiger charge is -2.28. The topological polar surface area (TPSA) is 70.7 Å². The second-order valence-corrected chi connectivity index (χ2v) is 6.92. The van der Waals surface area contributed by atoms with E-state index >= 15 is 0 Å². The Morgan fingerprint density at radius 1 is 1.50 bits per heavy atom. The van der Waals surface area contributed by atoms with Gasteiger partial charge in [0.05, 0.1) is 11.7 Å². The fourth-order valence-electron chi connectivity index (χ4n) is 2.85. The van der Waals surface area contributed by atoms with Gasteiger partial charge in [-0.25, -0.2) is 4.99 Å². The number of carbonyl (C=O) groups is 1. The molecule has 1 saturated carbocycles. The predicted octanol–water partition coefficient (Wildman–Crippen LogP) is 4.02. The maximum absolute atomic E-state index is 12.1. The van der Waals surface area contributed by atoms with Gasteiger partial charge in [0.25, 0.3) is 0 Å². The third-order valence-corrected chi connectivity index (χ3v) is 4.74. The zero-order valence-corrected chi connectivity index (χ0v) is 17.3. The molecule has 1 aliphatic carbocycles. The molecule has 1 aliphatic heterocycles. The van der Waals surface area contributed by atoms with Crippen molar-refractivity contribution >= 4 is 33.5 Å². The average molecular weight is 419 g/mol. The van der Waals surface area contributed by atoms with E-state index in [4.69, 9.17) is 5.73 Å². The molecule has 1 aromatic rings. The quantitative estimate of drug-likeness (QED) is 0.758. The molecule has 0 radical (unpaired) electrons. The van der Waals surface area contributed by atoms with Crippen molar-refractivity contribution in [3.05, 3.63) is 52.0 Å². The van der Waals surface area contributed by atoms with E-state index < -0.39 is 0 Å². The van der Waals surface area contributed by atoms with Crippen LogP contribution < -0.4 is 11.1 Å². The van der Waals surface area contributed by atoms with Crippen molar-refractivity contribution in [2.24, 2.45) is 10.7 Å². The van der Waals surface area contributed by atoms with E-state index in [2.05, 4.69) is 45.8 Å². The normalized spacial score (nSPS) is 19.3. The van der Waals surface area contributed by atoms with Crippen molar-refractivity contribution < 1.29 is 4.79 Å². The number of halogens is 1. The van der Waals surface area contributed by atoms with Crippen LogP contribution in [0.4, 0.5) is 5.69 Å². The Hall–Kier alpha value is -2.08. The second kappa shape index (κ2) is 9.03. The van der Waals surface area contributed by atoms with Crippen LogP contribution in [0.25, 0.3) is 0 Å². The van der Waals surface area contributed by atoms with Crippen LogP contribution in [0.1, 0.15) is 39.2 Å². The number of nitrogens with one attached hydrogen (secondary N) is 1. The smallest absolute Gasteiger partial charge is 0.222 e. The van der Waals surface area contributed by atoms with Gasteiger partial charge in [-0.2, -0.15) is 0 Å². The molecule has 1 fully saturated rings. The summed E-state index contributed by atoms with van der Waals surface area (Å²) >= 11 is 3.47. The number of benzene rings is 1. The van der Waals surface area contributed by atoms with E-state index in [0.717, 1.165) is 33.3 Å². The monoisotopic (exact) mass is 418 g/mol. The first-order valence-electron chi connectivity index (χ1n) is 9.05. The molecule has 1 unspecified atom stereocenters. The number of hydrogen-bond acceptors (Lipinski definition) is 4. The van der Waals surface area contributed by atoms with Gasteiger partial charge in [-0.3, -0.25) is 4.79 Å². The summed E-state index contributed by atoms with van der Waals surface area (Å²) in [4.78, 5) is 18.5. The molecule has 0 aromatic heterocycles. The minimum Gasteiger partial charge on any atom is -0.369 e. The number of guanidine groups is 1. The predicted molar refractivity (Wildman–Crippen MR) is 111 cm³/mol. The van der Waals surface area contributed by atoms with Gasteiger partial charge >= 0.3 is 0 Å². The van der Waals surface area contributed by atoms with E-state index in [1.165, 1.54) is 0 Å². The lowest BCUT2D eigenvalue weighted by atomic mass is 10.1. The Kier molecular flexibility index (Phi) is 7.03. The molecule has 1 amide bonds. The van der Waals surface area contributed by atoms with E-state index in [0.29, 0.717) is 25.5 Å². The number of carbonyl (C=O) groups excluding carboxylic acids is 1. The van der Waals surface area contributed by atoms with Gasteiger partial charge in [-0.15, -0.1) is 0 Å². The summed E-state index contributed by atoms with van der Waals surface area (Å²) in [6.07, 6.45) is 3.44. The van der Waals surface area contributed by atoms with Crippen LogP contribution >= 0.6 is 15.9 Å². The van der Waals surface area contributed by atoms with E-state index in [9.17, 15) is 4.79 Å². The Balaban J connectivity index is 0.00000117. The molecular formula is C20H27BrN4O. The van der Waals surface area contributed by atoms with E-state index in [-0.39, 0.29) is 11.9 Å². The Labute approximate surface area is 164 Å². The molecule has 2 aliphatic rings. The fraction of sp³-hybridized carbons (Fsp3) is 0.400. The Bertz CT molecular complexity index is 754. The highest BCUT2D eigenvalue weighted by atomic mass is 79.9. The molecule has 5 nitrogen and oxygen atoms in total. The van der Waals surface area contributed by atoms with E-state index in [1.807, 2.05) is 36.9 Å². The molecule has 3 rings (SSSR count). The molecule has 1 atom stereocenters. The van der Waals surface area contributed by atoms with Gasteiger partial charge < -0.3 is 16.0 Å². The highest BCUT2D eigenvalue weighted by Gasteiger charge is 2.36. The largest absolute Gasteiger partial charge is 0.369 e. The van der Waals surface area contributed by atoms with Gasteiger partial charge in [0.2, 0.25) is 5.91 Å². The molecule has 0 bridgehead atoms. The molecule has 0 spiro atoms. The van der Waals surface area contributed by atoms with Crippen LogP contribution in [0.2, 0.25) is 0 Å². The number of nitrogens with two attached hydrogens (primary N) is 1. The zero-order valence-electron chi connectivity index (χ0n) is 15.7. The van der Waals surface area contributed by atoms with Crippen molar-refractivity contribution in [2.75, 3.05) is 6.54 Å². The number of nitrogens with zero attached hydrogens (tertiary/aromatic N) is 2. The van der Waals surface area contributed by atoms with Crippen molar-refractivity contribution in [3.63, 3.8) is 0 Å². The van der Waals surface area contributed by atoms with Crippen LogP contribution in [0.15, 0.2) is 51.5 Å². The summed E-state index contributed by atoms with van der Waals surface area (Å²) in [6.45, 7) is 11.2. The fourth-order valence-corrected chi connectivity index (χ4v) is 3.26. The highest BCUT2D eigenvalue weighted by molar-refractivity contribution is 9.10. The summed E-state index contributed by atoms with van der Waals surface area (Å²) in [7, 11) is 0. The number of hydrogen-bond donors (Lipinski definition) is 2. The summed E-state index contributed by atoms with van der Waals surface area (Å²) in [5.41, 5.74) is 10.2. The SMILES string of the molecule is C=C1/C(=C\CC)C1NC(=O)CCN1Cc2cc(Br)ccc2N=C1N.CC. The number of amides is 1. The number of allylic oxidation sites excluding steroid dienone is 1. The van der Waals surface area contributed by atoms with Gasteiger partial charge in [-0.1, -0.05) is 49.4 Å². The molecule has 1 heterocycles. The van der Waals surface area contributed by atoms with Crippen molar-refractivity contribution in [1.82, 2.24) is 10.2 Å². The Morgan fingerprint density at radius 3 is 2.92 bits per heavy atom. The summed E-state index contributed by atoms with van der Waals surface area (Å²) in [6, 6.07) is 5.95. The minimum atomic E-state index is 0.00786. The molecule has 26 heavy (non-hydrogen) atoms. The summed E-state index contributed by atoms with van der Waals surface area (Å²) in [5.74, 6) is 0.466. The molecular weight excluding hydrogens is 392 g/mol. The molecule has 0 saturated heterocycles. The molecule has 140 valence electrons. The maximum atomic E-state index is 12.1. The average Bonchev–Trinajstić information content (AvgIpc) is 3.23. The van der Waals surface area contributed by atoms with Gasteiger partial charge in [0, 0.05) is 24.0 Å². The maximum Gasteiger partial charge on any atom is 0.222 e. The van der Waals surface area contributed by atoms with Crippen LogP contribution in [0.5, 0.6) is 0 Å². The lowest BCUT2D eigenvalue weighted by Crippen LogP contribution is -2.41. The van der Waals surface area contributed by atoms with Crippen LogP contribution in [0, 0.1) is 0 Å². The standard InChI is InChI=1S/C18H21BrN4O.C2H6/c1-3-4-14-11(2)17(14)22-16(24)7-8-23-10-12-9-13(19)5-6-15(12)21-18(23)20;1-2/h4-6,9,17H,2-3,7-8,10H2,1H3,(H2,20,21)(H,22,24);1-2H3/b14-4+;. The minimum absolute atomic E-state index is 0.00786. The van der Waals surface area contributed by atoms with Crippen molar-refractivity contribution in [3.8, 4) is 0 Å². The van der Waals surface area contributed by atoms with Crippen molar-refractivity contribution in [1.29, 1.82) is 0 Å². The van der Waals surface area contributed by atoms with Crippen LogP contribution in [-0.2, 0) is 11.3 Å². The molecule has 6 heteroatoms. The molecule has 1 aromatic carbocycles. The first-order valence-corrected chi connectivity index (χ1v) is 9.85. The van der Waals surface area contributed by atoms with Crippen molar-refractivity contribution in [2.45, 2.75) is 46.2 Å². The van der Waals surface area contributed by atoms with E-state index in [1.54, 1.807) is 0 Å². The third-order valence-electron chi connectivity index (χ3n) is 4.25. The summed E-state index contributed by atoms with van der Waals surface area (Å²) < 4.78 is 1.01.